The van der Waals surface area contributed by atoms with Gasteiger partial charge in [-0.15, -0.1) is 0 Å². The van der Waals surface area contributed by atoms with Crippen LogP contribution in [-0.2, 0) is 0 Å². The van der Waals surface area contributed by atoms with Crippen molar-refractivity contribution in [2.75, 3.05) is 5.32 Å². The quantitative estimate of drug-likeness (QED) is 0.563. The minimum Gasteiger partial charge on any atom is -0.366 e. The number of carbonyl (C=O) groups is 1. The molecule has 0 saturated heterocycles. The number of nitrogens with one attached hydrogen (secondary N) is 1. The number of para-hydroxylation sites is 1. The van der Waals surface area contributed by atoms with Crippen molar-refractivity contribution in [2.24, 2.45) is 5.73 Å². The van der Waals surface area contributed by atoms with Crippen molar-refractivity contribution in [1.82, 2.24) is 20.2 Å². The van der Waals surface area contributed by atoms with E-state index in [2.05, 4.69) is 25.5 Å². The molecule has 2 aromatic heterocycles. The minimum absolute atomic E-state index is 0.381. The van der Waals surface area contributed by atoms with Gasteiger partial charge in [0.25, 0.3) is 5.91 Å². The van der Waals surface area contributed by atoms with Gasteiger partial charge in [0, 0.05) is 22.2 Å². The van der Waals surface area contributed by atoms with Gasteiger partial charge in [-0.1, -0.05) is 23.7 Å². The summed E-state index contributed by atoms with van der Waals surface area (Å²) in [6.07, 6.45) is 4.87. The van der Waals surface area contributed by atoms with Crippen LogP contribution in [0.3, 0.4) is 0 Å². The molecule has 0 bridgehead atoms. The van der Waals surface area contributed by atoms with Crippen LogP contribution in [0, 0.1) is 0 Å². The highest BCUT2D eigenvalue weighted by Crippen LogP contribution is 2.31. The zero-order chi connectivity index (χ0) is 18.8. The van der Waals surface area contributed by atoms with E-state index in [0.29, 0.717) is 33.3 Å². The lowest BCUT2D eigenvalue weighted by atomic mass is 10.1. The van der Waals surface area contributed by atoms with Gasteiger partial charge >= 0.3 is 0 Å². The molecule has 4 rings (SSSR count). The molecular weight excluding hydrogens is 364 g/mol. The number of rotatable bonds is 4. The normalized spacial score (nSPS) is 10.7. The first-order chi connectivity index (χ1) is 13.1. The van der Waals surface area contributed by atoms with Crippen molar-refractivity contribution in [2.45, 2.75) is 0 Å². The van der Waals surface area contributed by atoms with Gasteiger partial charge in [-0.2, -0.15) is 10.2 Å². The van der Waals surface area contributed by atoms with Crippen LogP contribution in [0.2, 0.25) is 5.02 Å². The molecule has 0 atom stereocenters. The Kier molecular flexibility index (Phi) is 4.35. The van der Waals surface area contributed by atoms with Gasteiger partial charge < -0.3 is 11.1 Å². The van der Waals surface area contributed by atoms with Crippen LogP contribution in [0.15, 0.2) is 61.1 Å². The van der Waals surface area contributed by atoms with E-state index in [1.54, 1.807) is 55.0 Å². The van der Waals surface area contributed by atoms with Crippen LogP contribution in [0.5, 0.6) is 0 Å². The number of nitrogens with zero attached hydrogens (tertiary/aromatic N) is 4. The number of nitrogens with two attached hydrogens (primary N) is 1. The van der Waals surface area contributed by atoms with E-state index in [9.17, 15) is 4.79 Å². The van der Waals surface area contributed by atoms with Gasteiger partial charge in [-0.05, 0) is 30.3 Å². The molecule has 0 aliphatic heterocycles. The summed E-state index contributed by atoms with van der Waals surface area (Å²) >= 11 is 6.28. The van der Waals surface area contributed by atoms with Crippen molar-refractivity contribution >= 4 is 39.8 Å². The molecule has 4 aromatic rings. The number of amides is 1. The Labute approximate surface area is 159 Å². The highest BCUT2D eigenvalue weighted by Gasteiger charge is 2.12. The molecule has 8 heteroatoms. The summed E-state index contributed by atoms with van der Waals surface area (Å²) < 4.78 is 0. The number of hydrogen-bond donors (Lipinski definition) is 2. The highest BCUT2D eigenvalue weighted by atomic mass is 35.5. The third kappa shape index (κ3) is 3.40. The molecule has 0 aliphatic carbocycles. The number of benzene rings is 2. The lowest BCUT2D eigenvalue weighted by Gasteiger charge is -2.13. The first kappa shape index (κ1) is 16.9. The Hall–Kier alpha value is -3.58. The maximum Gasteiger partial charge on any atom is 0.250 e. The average Bonchev–Trinajstić information content (AvgIpc) is 2.68. The molecule has 0 fully saturated rings. The van der Waals surface area contributed by atoms with Gasteiger partial charge in [0.05, 0.1) is 34.8 Å². The van der Waals surface area contributed by atoms with Crippen LogP contribution in [0.25, 0.3) is 22.3 Å². The Bertz CT molecular complexity index is 1150. The molecule has 0 spiro atoms. The maximum absolute atomic E-state index is 11.7. The van der Waals surface area contributed by atoms with Crippen LogP contribution in [0.4, 0.5) is 11.4 Å². The number of carbonyl (C=O) groups excluding carboxylic acids is 1. The van der Waals surface area contributed by atoms with E-state index in [1.807, 2.05) is 6.07 Å². The largest absolute Gasteiger partial charge is 0.366 e. The second kappa shape index (κ2) is 6.97. The summed E-state index contributed by atoms with van der Waals surface area (Å²) in [5, 5.41) is 12.1. The van der Waals surface area contributed by atoms with Gasteiger partial charge in [0.2, 0.25) is 0 Å². The minimum atomic E-state index is -0.520. The molecule has 3 N–H and O–H groups in total. The molecule has 27 heavy (non-hydrogen) atoms. The second-order valence-electron chi connectivity index (χ2n) is 5.75. The van der Waals surface area contributed by atoms with Crippen molar-refractivity contribution in [1.29, 1.82) is 0 Å². The number of anilines is 2. The SMILES string of the molecule is NC(=O)c1ccccc1Nc1cc(Cl)cc2nc(-c3ccnnc3)ncc12. The fourth-order valence-electron chi connectivity index (χ4n) is 2.72. The summed E-state index contributed by atoms with van der Waals surface area (Å²) in [4.78, 5) is 20.6. The van der Waals surface area contributed by atoms with Crippen molar-refractivity contribution in [3.63, 3.8) is 0 Å². The van der Waals surface area contributed by atoms with Crippen molar-refractivity contribution in [3.8, 4) is 11.4 Å². The van der Waals surface area contributed by atoms with Crippen LogP contribution in [-0.4, -0.2) is 26.1 Å². The van der Waals surface area contributed by atoms with Gasteiger partial charge in [-0.25, -0.2) is 9.97 Å². The number of fused-ring (bicyclic) bond motifs is 1. The molecule has 0 saturated carbocycles. The van der Waals surface area contributed by atoms with E-state index in [-0.39, 0.29) is 0 Å². The summed E-state index contributed by atoms with van der Waals surface area (Å²) in [5.74, 6) is -0.00342. The van der Waals surface area contributed by atoms with Gasteiger partial charge in [0.15, 0.2) is 5.82 Å². The molecular formula is C19H13ClN6O. The Morgan fingerprint density at radius 2 is 1.89 bits per heavy atom. The Balaban J connectivity index is 1.81. The Morgan fingerprint density at radius 3 is 2.67 bits per heavy atom. The topological polar surface area (TPSA) is 107 Å². The summed E-state index contributed by atoms with van der Waals surface area (Å²) in [6, 6.07) is 12.3. The average molecular weight is 377 g/mol. The van der Waals surface area contributed by atoms with E-state index >= 15 is 0 Å². The molecule has 132 valence electrons. The number of halogens is 1. The second-order valence-corrected chi connectivity index (χ2v) is 6.18. The molecule has 2 heterocycles. The monoisotopic (exact) mass is 376 g/mol. The molecule has 0 unspecified atom stereocenters. The fraction of sp³-hybridized carbons (Fsp3) is 0. The predicted octanol–water partition coefficient (Wildman–Crippen LogP) is 3.58. The van der Waals surface area contributed by atoms with Gasteiger partial charge in [-0.3, -0.25) is 4.79 Å². The highest BCUT2D eigenvalue weighted by molar-refractivity contribution is 6.32. The summed E-state index contributed by atoms with van der Waals surface area (Å²) in [7, 11) is 0. The third-order valence-corrected chi connectivity index (χ3v) is 4.19. The number of primary amides is 1. The zero-order valence-electron chi connectivity index (χ0n) is 13.9. The molecule has 0 radical (unpaired) electrons. The van der Waals surface area contributed by atoms with Crippen molar-refractivity contribution in [3.05, 3.63) is 71.6 Å². The molecule has 7 nitrogen and oxygen atoms in total. The van der Waals surface area contributed by atoms with Crippen LogP contribution in [0.1, 0.15) is 10.4 Å². The molecule has 0 aliphatic rings. The molecule has 1 amide bonds. The zero-order valence-corrected chi connectivity index (χ0v) is 14.7. The van der Waals surface area contributed by atoms with Crippen LogP contribution >= 0.6 is 11.6 Å². The summed E-state index contributed by atoms with van der Waals surface area (Å²) in [6.45, 7) is 0. The maximum atomic E-state index is 11.7. The first-order valence-corrected chi connectivity index (χ1v) is 8.39. The number of aromatic nitrogens is 4. The van der Waals surface area contributed by atoms with E-state index in [1.165, 1.54) is 0 Å². The number of hydrogen-bond acceptors (Lipinski definition) is 6. The smallest absolute Gasteiger partial charge is 0.250 e. The first-order valence-electron chi connectivity index (χ1n) is 8.01. The van der Waals surface area contributed by atoms with Crippen molar-refractivity contribution < 1.29 is 4.79 Å². The lowest BCUT2D eigenvalue weighted by Crippen LogP contribution is -2.13. The van der Waals surface area contributed by atoms with Gasteiger partial charge in [0.1, 0.15) is 0 Å². The molecule has 2 aromatic carbocycles. The van der Waals surface area contributed by atoms with E-state index < -0.39 is 5.91 Å². The summed E-state index contributed by atoms with van der Waals surface area (Å²) in [5.41, 5.74) is 8.49. The van der Waals surface area contributed by atoms with E-state index in [4.69, 9.17) is 17.3 Å². The lowest BCUT2D eigenvalue weighted by molar-refractivity contribution is 0.100. The Morgan fingerprint density at radius 1 is 1.04 bits per heavy atom. The third-order valence-electron chi connectivity index (χ3n) is 3.97. The standard InChI is InChI=1S/C19H13ClN6O/c20-12-7-16(25-15-4-2-1-3-13(15)18(21)27)14-10-22-19(26-17(14)8-12)11-5-6-23-24-9-11/h1-10,25H,(H2,21,27). The predicted molar refractivity (Wildman–Crippen MR) is 104 cm³/mol. The van der Waals surface area contributed by atoms with E-state index in [0.717, 1.165) is 10.9 Å². The van der Waals surface area contributed by atoms with Crippen LogP contribution < -0.4 is 11.1 Å². The fourth-order valence-corrected chi connectivity index (χ4v) is 2.93.